The summed E-state index contributed by atoms with van der Waals surface area (Å²) in [6, 6.07) is 13.5. The molecule has 3 saturated heterocycles. The second-order valence-electron chi connectivity index (χ2n) is 9.33. The molecule has 4 aromatic rings. The van der Waals surface area contributed by atoms with E-state index in [4.69, 9.17) is 14.5 Å². The first kappa shape index (κ1) is 22.3. The fourth-order valence-corrected chi connectivity index (χ4v) is 5.41. The van der Waals surface area contributed by atoms with Gasteiger partial charge in [0, 0.05) is 66.9 Å². The van der Waals surface area contributed by atoms with E-state index in [0.29, 0.717) is 30.1 Å². The molecule has 0 N–H and O–H groups in total. The van der Waals surface area contributed by atoms with Crippen LogP contribution in [0.1, 0.15) is 17.5 Å². The van der Waals surface area contributed by atoms with E-state index in [9.17, 15) is 5.26 Å². The lowest BCUT2D eigenvalue weighted by atomic mass is 9.87. The fraction of sp³-hybridized carbons (Fsp3) is 0.333. The molecule has 0 amide bonds. The lowest BCUT2D eigenvalue weighted by Gasteiger charge is -2.56. The van der Waals surface area contributed by atoms with Crippen molar-refractivity contribution in [3.8, 4) is 28.8 Å². The molecule has 0 radical (unpaired) electrons. The van der Waals surface area contributed by atoms with E-state index in [0.717, 1.165) is 47.7 Å². The van der Waals surface area contributed by atoms with Crippen molar-refractivity contribution in [3.05, 3.63) is 66.2 Å². The summed E-state index contributed by atoms with van der Waals surface area (Å²) in [6.07, 6.45) is 8.92. The Morgan fingerprint density at radius 1 is 1.03 bits per heavy atom. The molecule has 7 heterocycles. The number of fused-ring (bicyclic) bond motifs is 3. The average molecular weight is 482 g/mol. The second kappa shape index (κ2) is 9.13. The van der Waals surface area contributed by atoms with Gasteiger partial charge in [-0.05, 0) is 30.2 Å². The van der Waals surface area contributed by atoms with Crippen molar-refractivity contribution in [2.24, 2.45) is 0 Å². The summed E-state index contributed by atoms with van der Waals surface area (Å²) in [6.45, 7) is 2.84. The first-order valence-electron chi connectivity index (χ1n) is 12.0. The number of piperazine rings is 1. The largest absolute Gasteiger partial charge is 0.495 e. The summed E-state index contributed by atoms with van der Waals surface area (Å²) >= 11 is 0. The van der Waals surface area contributed by atoms with Crippen LogP contribution in [0.15, 0.2) is 55.1 Å². The predicted octanol–water partition coefficient (Wildman–Crippen LogP) is 3.34. The summed E-state index contributed by atoms with van der Waals surface area (Å²) in [4.78, 5) is 14.1. The number of hydrogen-bond donors (Lipinski definition) is 0. The summed E-state index contributed by atoms with van der Waals surface area (Å²) in [7, 11) is 3.28. The molecule has 36 heavy (non-hydrogen) atoms. The molecular weight excluding hydrogens is 454 g/mol. The first-order chi connectivity index (χ1) is 17.7. The van der Waals surface area contributed by atoms with Gasteiger partial charge in [0.2, 0.25) is 5.88 Å². The van der Waals surface area contributed by atoms with Gasteiger partial charge in [-0.3, -0.25) is 4.90 Å². The van der Waals surface area contributed by atoms with E-state index in [-0.39, 0.29) is 0 Å². The van der Waals surface area contributed by atoms with Crippen molar-refractivity contribution in [2.45, 2.75) is 31.5 Å². The van der Waals surface area contributed by atoms with E-state index >= 15 is 0 Å². The van der Waals surface area contributed by atoms with Gasteiger partial charge < -0.3 is 14.4 Å². The van der Waals surface area contributed by atoms with Crippen molar-refractivity contribution in [2.75, 3.05) is 32.2 Å². The number of hydrogen-bond acceptors (Lipinski definition) is 8. The minimum absolute atomic E-state index is 0.300. The molecule has 4 aromatic heterocycles. The van der Waals surface area contributed by atoms with Crippen molar-refractivity contribution < 1.29 is 9.47 Å². The van der Waals surface area contributed by atoms with Crippen LogP contribution in [-0.4, -0.2) is 63.9 Å². The molecule has 182 valence electrons. The van der Waals surface area contributed by atoms with Crippen molar-refractivity contribution in [3.63, 3.8) is 0 Å². The highest BCUT2D eigenvalue weighted by Gasteiger charge is 2.44. The lowest BCUT2D eigenvalue weighted by molar-refractivity contribution is -0.00876. The van der Waals surface area contributed by atoms with Crippen LogP contribution in [0, 0.1) is 11.3 Å². The van der Waals surface area contributed by atoms with Gasteiger partial charge in [-0.2, -0.15) is 10.4 Å². The molecule has 2 atom stereocenters. The van der Waals surface area contributed by atoms with Gasteiger partial charge >= 0.3 is 0 Å². The fourth-order valence-electron chi connectivity index (χ4n) is 5.41. The number of anilines is 1. The second-order valence-corrected chi connectivity index (χ2v) is 9.33. The van der Waals surface area contributed by atoms with E-state index in [1.165, 1.54) is 12.0 Å². The smallest absolute Gasteiger partial charge is 0.212 e. The normalized spacial score (nSPS) is 19.1. The average Bonchev–Trinajstić information content (AvgIpc) is 3.34. The topological polar surface area (TPSA) is 91.8 Å². The minimum atomic E-state index is 0.300. The molecule has 0 saturated carbocycles. The SMILES string of the molecule is COc1cc(-c2ccc(N3CC4CC(C3)N4Cc3ccc(OC)nc3)nc2)c2c(CC#N)cnn2c1. The van der Waals surface area contributed by atoms with Gasteiger partial charge in [0.05, 0.1) is 44.6 Å². The minimum Gasteiger partial charge on any atom is -0.495 e. The van der Waals surface area contributed by atoms with E-state index in [1.807, 2.05) is 30.7 Å². The highest BCUT2D eigenvalue weighted by Crippen LogP contribution is 2.36. The molecule has 0 aromatic carbocycles. The first-order valence-corrected chi connectivity index (χ1v) is 12.0. The van der Waals surface area contributed by atoms with E-state index in [1.54, 1.807) is 24.9 Å². The zero-order valence-corrected chi connectivity index (χ0v) is 20.3. The number of pyridine rings is 3. The zero-order valence-electron chi connectivity index (χ0n) is 20.3. The Kier molecular flexibility index (Phi) is 5.66. The third-order valence-corrected chi connectivity index (χ3v) is 7.27. The van der Waals surface area contributed by atoms with Crippen LogP contribution in [0.4, 0.5) is 5.82 Å². The number of methoxy groups -OCH3 is 2. The zero-order chi connectivity index (χ0) is 24.6. The third-order valence-electron chi connectivity index (χ3n) is 7.27. The Balaban J connectivity index is 1.19. The van der Waals surface area contributed by atoms with E-state index in [2.05, 4.69) is 44.2 Å². The standard InChI is InChI=1S/C27H27N7O2/c1-35-23-10-24(27-20(7-8-28)13-31-34(27)17-23)19-4-5-25(29-12-19)32-15-21-9-22(16-32)33(21)14-18-3-6-26(36-2)30-11-18/h3-6,10-13,17,21-22H,7,9,14-16H2,1-2H3. The monoisotopic (exact) mass is 481 g/mol. The maximum atomic E-state index is 9.25. The molecule has 2 unspecified atom stereocenters. The number of ether oxygens (including phenoxy) is 2. The summed E-state index contributed by atoms with van der Waals surface area (Å²) in [5, 5.41) is 13.7. The van der Waals surface area contributed by atoms with Gasteiger partial charge in [-0.25, -0.2) is 14.5 Å². The van der Waals surface area contributed by atoms with Crippen LogP contribution in [0.3, 0.4) is 0 Å². The van der Waals surface area contributed by atoms with Crippen molar-refractivity contribution in [1.82, 2.24) is 24.5 Å². The van der Waals surface area contributed by atoms with Crippen molar-refractivity contribution >= 4 is 11.3 Å². The van der Waals surface area contributed by atoms with Gasteiger partial charge in [-0.15, -0.1) is 0 Å². The van der Waals surface area contributed by atoms with Crippen LogP contribution in [0.5, 0.6) is 11.6 Å². The van der Waals surface area contributed by atoms with Crippen molar-refractivity contribution in [1.29, 1.82) is 5.26 Å². The third kappa shape index (κ3) is 3.89. The van der Waals surface area contributed by atoms with Crippen LogP contribution >= 0.6 is 0 Å². The summed E-state index contributed by atoms with van der Waals surface area (Å²) < 4.78 is 12.4. The highest BCUT2D eigenvalue weighted by atomic mass is 16.5. The lowest BCUT2D eigenvalue weighted by Crippen LogP contribution is -2.68. The molecule has 7 rings (SSSR count). The Labute approximate surface area is 209 Å². The predicted molar refractivity (Wildman–Crippen MR) is 135 cm³/mol. The number of rotatable bonds is 7. The molecular formula is C27H27N7O2. The quantitative estimate of drug-likeness (QED) is 0.397. The maximum Gasteiger partial charge on any atom is 0.212 e. The number of piperidine rings is 1. The Bertz CT molecular complexity index is 1410. The summed E-state index contributed by atoms with van der Waals surface area (Å²) in [5.74, 6) is 2.34. The molecule has 0 aliphatic carbocycles. The van der Waals surface area contributed by atoms with Gasteiger partial charge in [0.1, 0.15) is 11.6 Å². The molecule has 0 spiro atoms. The molecule has 3 aliphatic rings. The molecule has 3 aliphatic heterocycles. The van der Waals surface area contributed by atoms with Gasteiger partial charge in [0.15, 0.2) is 0 Å². The Morgan fingerprint density at radius 2 is 1.89 bits per heavy atom. The van der Waals surface area contributed by atoms with Crippen LogP contribution in [0.2, 0.25) is 0 Å². The van der Waals surface area contributed by atoms with Crippen LogP contribution in [0.25, 0.3) is 16.6 Å². The number of nitrogens with zero attached hydrogens (tertiary/aromatic N) is 7. The molecule has 9 heteroatoms. The van der Waals surface area contributed by atoms with Gasteiger partial charge in [0.25, 0.3) is 0 Å². The Hall–Kier alpha value is -4.16. The highest BCUT2D eigenvalue weighted by molar-refractivity contribution is 5.83. The van der Waals surface area contributed by atoms with Crippen LogP contribution in [-0.2, 0) is 13.0 Å². The van der Waals surface area contributed by atoms with Gasteiger partial charge in [-0.1, -0.05) is 6.07 Å². The number of nitriles is 1. The Morgan fingerprint density at radius 3 is 2.56 bits per heavy atom. The maximum absolute atomic E-state index is 9.25. The van der Waals surface area contributed by atoms with Crippen LogP contribution < -0.4 is 14.4 Å². The molecule has 9 nitrogen and oxygen atoms in total. The number of aromatic nitrogens is 4. The molecule has 2 bridgehead atoms. The summed E-state index contributed by atoms with van der Waals surface area (Å²) in [5.41, 5.74) is 4.94. The molecule has 3 fully saturated rings. The van der Waals surface area contributed by atoms with E-state index < -0.39 is 0 Å².